The monoisotopic (exact) mass is 321 g/mol. The van der Waals surface area contributed by atoms with E-state index in [0.29, 0.717) is 11.2 Å². The molecule has 0 amide bonds. The second-order valence-corrected chi connectivity index (χ2v) is 6.37. The predicted molar refractivity (Wildman–Crippen MR) is 78.4 cm³/mol. The van der Waals surface area contributed by atoms with Crippen LogP contribution in [0.1, 0.15) is 6.92 Å². The van der Waals surface area contributed by atoms with E-state index in [2.05, 4.69) is 14.9 Å². The summed E-state index contributed by atoms with van der Waals surface area (Å²) < 4.78 is 44.6. The third kappa shape index (κ3) is 2.31. The van der Waals surface area contributed by atoms with E-state index < -0.39 is 15.8 Å². The lowest BCUT2D eigenvalue weighted by atomic mass is 10.3. The standard InChI is InChI=1S/C14H12FN3O3S/c1-2-18(11-8-6-10(15)7-9-11)22(19,20)13-5-3-4-12-14(13)17-21-16-12/h3-9H,2H2,1H3. The van der Waals surface area contributed by atoms with Gasteiger partial charge in [-0.3, -0.25) is 4.31 Å². The van der Waals surface area contributed by atoms with Crippen LogP contribution < -0.4 is 4.31 Å². The van der Waals surface area contributed by atoms with Gasteiger partial charge in [0.1, 0.15) is 16.2 Å². The fourth-order valence-electron chi connectivity index (χ4n) is 2.21. The average molecular weight is 321 g/mol. The van der Waals surface area contributed by atoms with Crippen molar-refractivity contribution in [1.29, 1.82) is 0 Å². The normalized spacial score (nSPS) is 11.7. The molecule has 1 heterocycles. The Labute approximate surface area is 126 Å². The number of halogens is 1. The first-order valence-electron chi connectivity index (χ1n) is 6.53. The van der Waals surface area contributed by atoms with E-state index in [1.54, 1.807) is 19.1 Å². The van der Waals surface area contributed by atoms with E-state index in [9.17, 15) is 12.8 Å². The van der Waals surface area contributed by atoms with Gasteiger partial charge in [0.15, 0.2) is 5.52 Å². The Morgan fingerprint density at radius 1 is 1.14 bits per heavy atom. The Morgan fingerprint density at radius 2 is 1.86 bits per heavy atom. The molecule has 1 aromatic heterocycles. The minimum Gasteiger partial charge on any atom is -0.267 e. The molecular formula is C14H12FN3O3S. The lowest BCUT2D eigenvalue weighted by Crippen LogP contribution is -2.30. The van der Waals surface area contributed by atoms with Gasteiger partial charge in [-0.05, 0) is 53.6 Å². The number of aromatic nitrogens is 2. The highest BCUT2D eigenvalue weighted by Gasteiger charge is 2.27. The van der Waals surface area contributed by atoms with E-state index in [0.717, 1.165) is 0 Å². The number of sulfonamides is 1. The molecule has 0 aliphatic rings. The van der Waals surface area contributed by atoms with Crippen molar-refractivity contribution in [3.8, 4) is 0 Å². The van der Waals surface area contributed by atoms with Crippen molar-refractivity contribution in [1.82, 2.24) is 10.3 Å². The predicted octanol–water partition coefficient (Wildman–Crippen LogP) is 2.58. The molecule has 0 atom stereocenters. The van der Waals surface area contributed by atoms with Gasteiger partial charge in [0.25, 0.3) is 10.0 Å². The summed E-state index contributed by atoms with van der Waals surface area (Å²) in [5.41, 5.74) is 0.900. The van der Waals surface area contributed by atoms with Gasteiger partial charge in [-0.2, -0.15) is 0 Å². The molecule has 0 radical (unpaired) electrons. The minimum atomic E-state index is -3.87. The summed E-state index contributed by atoms with van der Waals surface area (Å²) in [6.45, 7) is 1.89. The summed E-state index contributed by atoms with van der Waals surface area (Å²) >= 11 is 0. The van der Waals surface area contributed by atoms with Gasteiger partial charge < -0.3 is 0 Å². The van der Waals surface area contributed by atoms with Gasteiger partial charge in [-0.15, -0.1) is 0 Å². The number of fused-ring (bicyclic) bond motifs is 1. The maximum atomic E-state index is 13.0. The van der Waals surface area contributed by atoms with E-state index in [-0.39, 0.29) is 17.0 Å². The molecule has 3 rings (SSSR count). The van der Waals surface area contributed by atoms with Gasteiger partial charge in [-0.1, -0.05) is 6.07 Å². The summed E-state index contributed by atoms with van der Waals surface area (Å²) in [4.78, 5) is -0.00238. The van der Waals surface area contributed by atoms with Crippen LogP contribution in [0.25, 0.3) is 11.0 Å². The summed E-state index contributed by atoms with van der Waals surface area (Å²) in [7, 11) is -3.87. The lowest BCUT2D eigenvalue weighted by molar-refractivity contribution is 0.315. The second-order valence-electron chi connectivity index (χ2n) is 4.53. The molecule has 0 aliphatic carbocycles. The van der Waals surface area contributed by atoms with Crippen molar-refractivity contribution >= 4 is 26.7 Å². The maximum Gasteiger partial charge on any atom is 0.266 e. The van der Waals surface area contributed by atoms with Gasteiger partial charge in [0, 0.05) is 6.54 Å². The Balaban J connectivity index is 2.15. The average Bonchev–Trinajstić information content (AvgIpc) is 2.98. The van der Waals surface area contributed by atoms with Crippen LogP contribution in [-0.4, -0.2) is 25.3 Å². The van der Waals surface area contributed by atoms with E-state index >= 15 is 0 Å². The smallest absolute Gasteiger partial charge is 0.266 e. The maximum absolute atomic E-state index is 13.0. The Kier molecular flexibility index (Phi) is 3.53. The van der Waals surface area contributed by atoms with E-state index in [1.807, 2.05) is 0 Å². The Bertz CT molecular complexity index is 906. The molecule has 0 N–H and O–H groups in total. The third-order valence-corrected chi connectivity index (χ3v) is 5.15. The van der Waals surface area contributed by atoms with Crippen molar-refractivity contribution in [2.75, 3.05) is 10.8 Å². The van der Waals surface area contributed by atoms with Crippen molar-refractivity contribution in [3.05, 3.63) is 48.3 Å². The molecule has 0 spiro atoms. The zero-order chi connectivity index (χ0) is 15.7. The summed E-state index contributed by atoms with van der Waals surface area (Å²) in [6, 6.07) is 9.87. The quantitative estimate of drug-likeness (QED) is 0.738. The molecule has 0 fully saturated rings. The molecule has 0 saturated heterocycles. The van der Waals surface area contributed by atoms with Crippen LogP contribution in [0.3, 0.4) is 0 Å². The molecular weight excluding hydrogens is 309 g/mol. The zero-order valence-corrected chi connectivity index (χ0v) is 12.4. The molecule has 0 aliphatic heterocycles. The minimum absolute atomic E-state index is 0.00238. The topological polar surface area (TPSA) is 76.3 Å². The fourth-order valence-corrected chi connectivity index (χ4v) is 3.82. The van der Waals surface area contributed by atoms with E-state index in [1.165, 1.54) is 34.6 Å². The van der Waals surface area contributed by atoms with Crippen molar-refractivity contribution in [3.63, 3.8) is 0 Å². The molecule has 0 saturated carbocycles. The van der Waals surface area contributed by atoms with Crippen LogP contribution in [0.2, 0.25) is 0 Å². The first kappa shape index (κ1) is 14.5. The number of hydrogen-bond donors (Lipinski definition) is 0. The summed E-state index contributed by atoms with van der Waals surface area (Å²) in [6.07, 6.45) is 0. The van der Waals surface area contributed by atoms with Crippen molar-refractivity contribution in [2.24, 2.45) is 0 Å². The SMILES string of the molecule is CCN(c1ccc(F)cc1)S(=O)(=O)c1cccc2nonc12. The number of anilines is 1. The van der Waals surface area contributed by atoms with Crippen molar-refractivity contribution in [2.45, 2.75) is 11.8 Å². The first-order valence-corrected chi connectivity index (χ1v) is 7.97. The molecule has 3 aromatic rings. The molecule has 22 heavy (non-hydrogen) atoms. The fraction of sp³-hybridized carbons (Fsp3) is 0.143. The highest BCUT2D eigenvalue weighted by molar-refractivity contribution is 7.93. The van der Waals surface area contributed by atoms with Crippen LogP contribution in [0, 0.1) is 5.82 Å². The second kappa shape index (κ2) is 5.38. The van der Waals surface area contributed by atoms with Gasteiger partial charge in [0.05, 0.1) is 5.69 Å². The Morgan fingerprint density at radius 3 is 2.55 bits per heavy atom. The summed E-state index contributed by atoms with van der Waals surface area (Å²) in [5, 5.41) is 7.30. The van der Waals surface area contributed by atoms with Gasteiger partial charge >= 0.3 is 0 Å². The molecule has 2 aromatic carbocycles. The largest absolute Gasteiger partial charge is 0.267 e. The van der Waals surface area contributed by atoms with Gasteiger partial charge in [-0.25, -0.2) is 17.4 Å². The van der Waals surface area contributed by atoms with Crippen LogP contribution in [-0.2, 0) is 10.0 Å². The van der Waals surface area contributed by atoms with Crippen LogP contribution in [0.15, 0.2) is 52.0 Å². The van der Waals surface area contributed by atoms with Gasteiger partial charge in [0.2, 0.25) is 0 Å². The number of nitrogens with zero attached hydrogens (tertiary/aromatic N) is 3. The number of hydrogen-bond acceptors (Lipinski definition) is 5. The molecule has 6 nitrogen and oxygen atoms in total. The Hall–Kier alpha value is -2.48. The number of benzene rings is 2. The first-order chi connectivity index (χ1) is 10.5. The van der Waals surface area contributed by atoms with E-state index in [4.69, 9.17) is 0 Å². The molecule has 114 valence electrons. The zero-order valence-electron chi connectivity index (χ0n) is 11.6. The number of rotatable bonds is 4. The highest BCUT2D eigenvalue weighted by atomic mass is 32.2. The van der Waals surface area contributed by atoms with Crippen LogP contribution >= 0.6 is 0 Å². The third-order valence-electron chi connectivity index (χ3n) is 3.22. The van der Waals surface area contributed by atoms with Crippen LogP contribution in [0.5, 0.6) is 0 Å². The molecule has 0 unspecified atom stereocenters. The summed E-state index contributed by atoms with van der Waals surface area (Å²) in [5.74, 6) is -0.431. The lowest BCUT2D eigenvalue weighted by Gasteiger charge is -2.22. The molecule has 0 bridgehead atoms. The highest BCUT2D eigenvalue weighted by Crippen LogP contribution is 2.27. The molecule has 8 heteroatoms. The van der Waals surface area contributed by atoms with Crippen molar-refractivity contribution < 1.29 is 17.4 Å². The van der Waals surface area contributed by atoms with Crippen LogP contribution in [0.4, 0.5) is 10.1 Å².